The molecule has 0 aliphatic carbocycles. The van der Waals surface area contributed by atoms with Gasteiger partial charge in [-0.05, 0) is 89.0 Å². The fraction of sp³-hybridized carbons (Fsp3) is 0.257. The molecule has 2 unspecified atom stereocenters. The Balaban J connectivity index is 0.000000308. The molecule has 0 bridgehead atoms. The minimum atomic E-state index is -1.44. The fourth-order valence-corrected chi connectivity index (χ4v) is 15.9. The Kier molecular flexibility index (Phi) is 32.5. The molecule has 4 nitrogen and oxygen atoms in total. The van der Waals surface area contributed by atoms with E-state index in [4.69, 9.17) is 226 Å². The van der Waals surface area contributed by atoms with Crippen LogP contribution in [-0.4, -0.2) is 406 Å². The summed E-state index contributed by atoms with van der Waals surface area (Å²) in [6.07, 6.45) is -32.3. The molecule has 94 heavy (non-hydrogen) atoms. The number of halogens is 1. The molecule has 2 atom stereocenters. The van der Waals surface area contributed by atoms with Gasteiger partial charge < -0.3 is 14.5 Å². The van der Waals surface area contributed by atoms with E-state index in [0.29, 0.717) is 6.61 Å². The summed E-state index contributed by atoms with van der Waals surface area (Å²) < 4.78 is 26.1. The summed E-state index contributed by atoms with van der Waals surface area (Å²) in [6, 6.07) is 28.6. The SMILES string of the molecule is CCc1ccc2[nH]c3c(c2c1)CC1c2cc(OCc4ccccc4)c(OC)cc2CCN1C3c1ccc(F)cc1.[B]B([B])B(B([B])[B])B(B(B([B])[B])B([B])[B])B(B(B([B])[B])B([B])[B])B(B(B(B([B])[B])B([B])[B])B(B([B])[B])B([B])[B])B(B(B([B])[B])B([B])[B])B(B([B])[B])B([B])[B]. The summed E-state index contributed by atoms with van der Waals surface area (Å²) in [7, 11) is 183. The van der Waals surface area contributed by atoms with Crippen LogP contribution >= 0.6 is 0 Å². The number of ether oxygens (including phenoxy) is 2. The molecule has 7 rings (SSSR count). The summed E-state index contributed by atoms with van der Waals surface area (Å²) in [6.45, 7) is 3.59. The largest absolute Gasteiger partial charge is 0.493 e. The van der Waals surface area contributed by atoms with Gasteiger partial charge in [-0.1, -0.05) is 55.5 Å². The van der Waals surface area contributed by atoms with Gasteiger partial charge in [-0.15, -0.1) is 0 Å². The second kappa shape index (κ2) is 37.0. The highest BCUT2D eigenvalue weighted by atomic mass is 19.1. The van der Waals surface area contributed by atoms with Crippen LogP contribution in [0.4, 0.5) is 4.39 Å². The van der Waals surface area contributed by atoms with E-state index < -0.39 is 166 Å². The lowest BCUT2D eigenvalue weighted by molar-refractivity contribution is 0.127. The average molecular weight is 1120 g/mol. The number of benzene rings is 4. The Morgan fingerprint density at radius 2 is 0.830 bits per heavy atom. The molecule has 364 valence electrons. The number of aromatic nitrogens is 1. The molecule has 0 saturated heterocycles. The molecule has 3 heterocycles. The van der Waals surface area contributed by atoms with Crippen LogP contribution in [-0.2, 0) is 25.9 Å². The average Bonchev–Trinajstić information content (AvgIpc) is 1.26. The number of nitrogens with zero attached hydrogens (tertiary/aromatic N) is 1. The van der Waals surface area contributed by atoms with Crippen molar-refractivity contribution in [2.24, 2.45) is 0 Å². The lowest BCUT2D eigenvalue weighted by Gasteiger charge is -2.58. The molecule has 5 aromatic rings. The van der Waals surface area contributed by atoms with Crippen LogP contribution in [0.2, 0.25) is 0 Å². The van der Waals surface area contributed by atoms with Crippen LogP contribution in [0, 0.1) is 5.82 Å². The van der Waals surface area contributed by atoms with Crippen molar-refractivity contribution in [2.45, 2.75) is 44.9 Å². The Morgan fingerprint density at radius 1 is 0.447 bits per heavy atom. The molecule has 0 fully saturated rings. The van der Waals surface area contributed by atoms with Crippen molar-refractivity contribution in [3.05, 3.63) is 130 Å². The molecular weight excluding hydrogens is 1080 g/mol. The second-order valence-corrected chi connectivity index (χ2v) is 25.9. The minimum Gasteiger partial charge on any atom is -0.493 e. The van der Waals surface area contributed by atoms with Gasteiger partial charge in [-0.2, -0.15) is 0 Å². The van der Waals surface area contributed by atoms with E-state index in [1.807, 2.05) is 30.3 Å². The highest BCUT2D eigenvalue weighted by Crippen LogP contribution is 2.50. The van der Waals surface area contributed by atoms with E-state index in [0.717, 1.165) is 53.9 Å². The molecule has 2 aliphatic rings. The van der Waals surface area contributed by atoms with Gasteiger partial charge in [0.1, 0.15) is 12.4 Å². The van der Waals surface area contributed by atoms with E-state index in [9.17, 15) is 4.39 Å². The molecule has 0 spiro atoms. The van der Waals surface area contributed by atoms with Crippen molar-refractivity contribution >= 4 is 394 Å². The van der Waals surface area contributed by atoms with Crippen LogP contribution in [0.15, 0.2) is 84.9 Å². The van der Waals surface area contributed by atoms with Gasteiger partial charge in [-0.25, -0.2) is 4.39 Å². The molecule has 0 saturated carbocycles. The lowest BCUT2D eigenvalue weighted by atomic mass is 8.24. The normalized spacial score (nSPS) is 13.3. The number of hydrogen-bond acceptors (Lipinski definition) is 3. The zero-order valence-corrected chi connectivity index (χ0v) is 54.1. The van der Waals surface area contributed by atoms with E-state index in [1.165, 1.54) is 33.3 Å². The number of methoxy groups -OCH3 is 1. The standard InChI is InChI=1S/C35H33FN2O2.B54/c1-3-22-9-14-30-28(17-22)29-19-31-27-20-33(40-21-23-7-5-4-6-8-23)32(39-2)18-25(27)15-16-38(31)35(34(29)37-30)24-10-12-26(36)13-11-24;1-29(2)43(30(3)4)50(44(31(5)6)32(7)8)53(49(41(25)26)42(27)28)54(51(45(33(9)10)34(11)12)46(35(13)14)36(15)16)52(47(37(17)18)38(19)20)48(39(21)22)40(23)24/h4-14,17-18,20,31,35,37H,3,15-16,19,21H2,1-2H3;. The second-order valence-electron chi connectivity index (χ2n) is 25.9. The van der Waals surface area contributed by atoms with Gasteiger partial charge in [0.25, 0.3) is 0 Å². The van der Waals surface area contributed by atoms with Crippen LogP contribution in [0.25, 0.3) is 10.9 Å². The summed E-state index contributed by atoms with van der Waals surface area (Å²) in [4.78, 5) is 6.36. The first kappa shape index (κ1) is 82.4. The molecule has 4 aromatic carbocycles. The summed E-state index contributed by atoms with van der Waals surface area (Å²) >= 11 is 0. The fourth-order valence-electron chi connectivity index (χ4n) is 15.9. The van der Waals surface area contributed by atoms with Crippen molar-refractivity contribution in [1.82, 2.24) is 9.88 Å². The van der Waals surface area contributed by atoms with Gasteiger partial charge in [0, 0.05) is 412 Å². The Morgan fingerprint density at radius 3 is 1.20 bits per heavy atom. The third-order valence-electron chi connectivity index (χ3n) is 19.8. The molecular formula is C35H33B54FN2O2. The Labute approximate surface area is 612 Å². The first-order valence-corrected chi connectivity index (χ1v) is 31.8. The van der Waals surface area contributed by atoms with Crippen LogP contribution in [0.3, 0.4) is 0 Å². The Hall–Kier alpha value is -0.584. The number of H-pyrrole nitrogens is 1. The highest BCUT2D eigenvalue weighted by molar-refractivity contribution is 8.36. The number of nitrogens with one attached hydrogen (secondary N) is 1. The van der Waals surface area contributed by atoms with Crippen LogP contribution in [0.5, 0.6) is 11.5 Å². The van der Waals surface area contributed by atoms with Gasteiger partial charge in [0.2, 0.25) is 0 Å². The molecule has 0 amide bonds. The van der Waals surface area contributed by atoms with Gasteiger partial charge in [0.15, 0.2) is 11.5 Å². The molecule has 1 aromatic heterocycles. The third-order valence-corrected chi connectivity index (χ3v) is 19.8. The lowest BCUT2D eigenvalue weighted by Crippen LogP contribution is -2.96. The predicted octanol–water partition coefficient (Wildman–Crippen LogP) is -12.9. The number of fused-ring (bicyclic) bond motifs is 6. The zero-order valence-electron chi connectivity index (χ0n) is 54.1. The van der Waals surface area contributed by atoms with Crippen molar-refractivity contribution in [3.63, 3.8) is 0 Å². The van der Waals surface area contributed by atoms with E-state index in [2.05, 4.69) is 59.3 Å². The Bertz CT molecular complexity index is 2950. The zero-order chi connectivity index (χ0) is 70.2. The number of aromatic amines is 1. The predicted molar refractivity (Wildman–Crippen MR) is 467 cm³/mol. The van der Waals surface area contributed by atoms with Crippen LogP contribution in [0.1, 0.15) is 58.1 Å². The van der Waals surface area contributed by atoms with Crippen molar-refractivity contribution in [3.8, 4) is 11.5 Å². The smallest absolute Gasteiger partial charge is 0.162 e. The van der Waals surface area contributed by atoms with Gasteiger partial charge in [-0.3, -0.25) is 4.90 Å². The number of aryl methyl sites for hydroxylation is 1. The van der Waals surface area contributed by atoms with Gasteiger partial charge >= 0.3 is 0 Å². The molecule has 59 heteroatoms. The third kappa shape index (κ3) is 19.4. The van der Waals surface area contributed by atoms with E-state index >= 15 is 0 Å². The molecule has 2 aliphatic heterocycles. The van der Waals surface area contributed by atoms with Crippen molar-refractivity contribution in [1.29, 1.82) is 0 Å². The van der Waals surface area contributed by atoms with Gasteiger partial charge in [0.05, 0.1) is 13.2 Å². The first-order valence-electron chi connectivity index (χ1n) is 31.8. The molecule has 1 N–H and O–H groups in total. The summed E-state index contributed by atoms with van der Waals surface area (Å²) in [5, 5.41) is 1.29. The number of rotatable bonds is 31. The van der Waals surface area contributed by atoms with Crippen LogP contribution < -0.4 is 9.47 Å². The maximum absolute atomic E-state index is 14.0. The van der Waals surface area contributed by atoms with Crippen molar-refractivity contribution in [2.75, 3.05) is 13.7 Å². The summed E-state index contributed by atoms with van der Waals surface area (Å²) in [5.74, 6) is 1.33. The van der Waals surface area contributed by atoms with E-state index in [1.54, 1.807) is 19.2 Å². The first-order chi connectivity index (χ1) is 44.1. The summed E-state index contributed by atoms with van der Waals surface area (Å²) in [5.41, 5.74) is 9.89. The topological polar surface area (TPSA) is 37.5 Å². The maximum Gasteiger partial charge on any atom is 0.162 e. The van der Waals surface area contributed by atoms with Crippen molar-refractivity contribution < 1.29 is 13.9 Å². The monoisotopic (exact) mass is 1130 g/mol. The number of hydrogen-bond donors (Lipinski definition) is 1. The van der Waals surface area contributed by atoms with E-state index in [-0.39, 0.29) is 17.9 Å². The maximum atomic E-state index is 14.0. The molecule has 56 radical (unpaired) electrons. The highest BCUT2D eigenvalue weighted by Gasteiger charge is 2.61. The quantitative estimate of drug-likeness (QED) is 0.0450. The minimum absolute atomic E-state index is 0.00997.